The van der Waals surface area contributed by atoms with Gasteiger partial charge in [-0.3, -0.25) is 4.79 Å². The van der Waals surface area contributed by atoms with Gasteiger partial charge >= 0.3 is 0 Å². The number of nitrogens with one attached hydrogen (secondary N) is 1. The van der Waals surface area contributed by atoms with E-state index in [0.29, 0.717) is 11.0 Å². The number of sulfone groups is 1. The number of nitriles is 1. The molecule has 3 aromatic rings. The summed E-state index contributed by atoms with van der Waals surface area (Å²) in [6, 6.07) is 8.89. The third kappa shape index (κ3) is 3.22. The fourth-order valence-electron chi connectivity index (χ4n) is 2.19. The Labute approximate surface area is 147 Å². The second kappa shape index (κ2) is 6.23. The Bertz CT molecular complexity index is 1100. The van der Waals surface area contributed by atoms with Crippen LogP contribution in [0.3, 0.4) is 0 Å². The molecule has 0 bridgehead atoms. The van der Waals surface area contributed by atoms with Crippen LogP contribution in [0, 0.1) is 11.3 Å². The summed E-state index contributed by atoms with van der Waals surface area (Å²) < 4.78 is 23.2. The molecule has 1 atom stereocenters. The Morgan fingerprint density at radius 2 is 2.04 bits per heavy atom. The van der Waals surface area contributed by atoms with Gasteiger partial charge in [-0.2, -0.15) is 5.26 Å². The maximum atomic E-state index is 12.7. The number of aromatic amines is 1. The van der Waals surface area contributed by atoms with Gasteiger partial charge in [-0.15, -0.1) is 0 Å². The summed E-state index contributed by atoms with van der Waals surface area (Å²) in [6.45, 7) is 0. The molecule has 0 aliphatic rings. The predicted molar refractivity (Wildman–Crippen MR) is 88.9 cm³/mol. The second-order valence-electron chi connectivity index (χ2n) is 5.19. The van der Waals surface area contributed by atoms with Crippen LogP contribution in [-0.4, -0.2) is 40.4 Å². The lowest BCUT2D eigenvalue weighted by molar-refractivity contribution is 0.0971. The van der Waals surface area contributed by atoms with Crippen molar-refractivity contribution < 1.29 is 13.2 Å². The van der Waals surface area contributed by atoms with Crippen LogP contribution < -0.4 is 0 Å². The minimum absolute atomic E-state index is 0.129. The lowest BCUT2D eigenvalue weighted by Gasteiger charge is -2.07. The number of nitrogens with zero attached hydrogens (tertiary/aromatic N) is 4. The van der Waals surface area contributed by atoms with Gasteiger partial charge in [-0.25, -0.2) is 23.4 Å². The zero-order valence-electron chi connectivity index (χ0n) is 12.8. The number of benzene rings is 1. The number of imidazole rings is 1. The number of hydrogen-bond acceptors (Lipinski definition) is 7. The van der Waals surface area contributed by atoms with E-state index in [9.17, 15) is 18.5 Å². The Balaban J connectivity index is 2.08. The van der Waals surface area contributed by atoms with Crippen LogP contribution >= 0.6 is 11.6 Å². The molecular weight excluding hydrogens is 366 g/mol. The highest BCUT2D eigenvalue weighted by molar-refractivity contribution is 7.90. The van der Waals surface area contributed by atoms with Gasteiger partial charge in [-0.1, -0.05) is 23.7 Å². The largest absolute Gasteiger partial charge is 0.340 e. The van der Waals surface area contributed by atoms with E-state index in [1.165, 1.54) is 0 Å². The van der Waals surface area contributed by atoms with Crippen LogP contribution in [0.4, 0.5) is 0 Å². The molecule has 0 spiro atoms. The van der Waals surface area contributed by atoms with E-state index >= 15 is 0 Å². The third-order valence-corrected chi connectivity index (χ3v) is 4.50. The number of halogens is 1. The topological polar surface area (TPSA) is 129 Å². The highest BCUT2D eigenvalue weighted by Gasteiger charge is 2.29. The van der Waals surface area contributed by atoms with Gasteiger partial charge in [0.2, 0.25) is 20.8 Å². The molecule has 8 nitrogen and oxygen atoms in total. The molecule has 3 rings (SSSR count). The lowest BCUT2D eigenvalue weighted by Crippen LogP contribution is -2.17. The summed E-state index contributed by atoms with van der Waals surface area (Å²) >= 11 is 5.93. The van der Waals surface area contributed by atoms with E-state index < -0.39 is 26.7 Å². The molecule has 0 saturated carbocycles. The number of rotatable bonds is 4. The summed E-state index contributed by atoms with van der Waals surface area (Å²) in [5.74, 6) is -1.95. The lowest BCUT2D eigenvalue weighted by atomic mass is 10.0. The number of Topliss-reactive ketones (excluding diaryl/α,β-unsaturated/α-hetero) is 1. The maximum Gasteiger partial charge on any atom is 0.247 e. The first-order valence-electron chi connectivity index (χ1n) is 6.92. The molecule has 2 aromatic heterocycles. The summed E-state index contributed by atoms with van der Waals surface area (Å²) in [4.78, 5) is 27.1. The molecule has 0 saturated heterocycles. The molecule has 0 fully saturated rings. The van der Waals surface area contributed by atoms with Gasteiger partial charge in [0.25, 0.3) is 0 Å². The SMILES string of the molecule is CS(=O)(=O)c1ncc(Cl)c(C(=O)[C@H](C#N)c2nc3ccccc3[nH]2)n1. The van der Waals surface area contributed by atoms with E-state index in [1.54, 1.807) is 24.3 Å². The van der Waals surface area contributed by atoms with Crippen LogP contribution in [0.2, 0.25) is 5.02 Å². The standard InChI is InChI=1S/C15H10ClN5O3S/c1-25(23,24)15-18-7-9(16)12(21-15)13(22)8(6-17)14-19-10-4-2-3-5-11(10)20-14/h2-5,7-8H,1H3,(H,19,20)/t8-/m0/s1. The van der Waals surface area contributed by atoms with E-state index in [1.807, 2.05) is 6.07 Å². The number of carbonyl (C=O) groups is 1. The highest BCUT2D eigenvalue weighted by Crippen LogP contribution is 2.24. The van der Waals surface area contributed by atoms with Gasteiger partial charge in [0.05, 0.1) is 28.3 Å². The summed E-state index contributed by atoms with van der Waals surface area (Å²) in [5, 5.41) is 8.74. The second-order valence-corrected chi connectivity index (χ2v) is 7.50. The Kier molecular flexibility index (Phi) is 4.24. The zero-order chi connectivity index (χ0) is 18.2. The Morgan fingerprint density at radius 3 is 2.68 bits per heavy atom. The van der Waals surface area contributed by atoms with Crippen molar-refractivity contribution in [1.82, 2.24) is 19.9 Å². The van der Waals surface area contributed by atoms with Gasteiger partial charge in [0, 0.05) is 6.26 Å². The molecule has 0 unspecified atom stereocenters. The molecule has 1 N–H and O–H groups in total. The molecule has 1 aromatic carbocycles. The van der Waals surface area contributed by atoms with Gasteiger partial charge < -0.3 is 4.98 Å². The Morgan fingerprint density at radius 1 is 1.32 bits per heavy atom. The molecule has 25 heavy (non-hydrogen) atoms. The first kappa shape index (κ1) is 17.0. The molecule has 0 aliphatic carbocycles. The van der Waals surface area contributed by atoms with Crippen LogP contribution in [-0.2, 0) is 9.84 Å². The van der Waals surface area contributed by atoms with Crippen LogP contribution in [0.1, 0.15) is 22.2 Å². The number of hydrogen-bond donors (Lipinski definition) is 1. The fraction of sp³-hybridized carbons (Fsp3) is 0.133. The number of para-hydroxylation sites is 2. The van der Waals surface area contributed by atoms with E-state index in [4.69, 9.17) is 11.6 Å². The van der Waals surface area contributed by atoms with Crippen molar-refractivity contribution in [2.24, 2.45) is 0 Å². The Hall–Kier alpha value is -2.83. The van der Waals surface area contributed by atoms with Crippen molar-refractivity contribution in [2.75, 3.05) is 6.26 Å². The van der Waals surface area contributed by atoms with Gasteiger partial charge in [0.1, 0.15) is 11.5 Å². The summed E-state index contributed by atoms with van der Waals surface area (Å²) in [5.41, 5.74) is 0.913. The summed E-state index contributed by atoms with van der Waals surface area (Å²) in [7, 11) is -3.73. The molecule has 0 radical (unpaired) electrons. The van der Waals surface area contributed by atoms with Crippen molar-refractivity contribution in [3.05, 3.63) is 47.0 Å². The number of ketones is 1. The molecular formula is C15H10ClN5O3S. The predicted octanol–water partition coefficient (Wildman–Crippen LogP) is 1.90. The van der Waals surface area contributed by atoms with Crippen LogP contribution in [0.25, 0.3) is 11.0 Å². The first-order valence-corrected chi connectivity index (χ1v) is 9.19. The number of carbonyl (C=O) groups excluding carboxylic acids is 1. The van der Waals surface area contributed by atoms with E-state index in [2.05, 4.69) is 19.9 Å². The van der Waals surface area contributed by atoms with Crippen LogP contribution in [0.15, 0.2) is 35.6 Å². The highest BCUT2D eigenvalue weighted by atomic mass is 35.5. The van der Waals surface area contributed by atoms with Gasteiger partial charge in [0.15, 0.2) is 5.92 Å². The van der Waals surface area contributed by atoms with E-state index in [-0.39, 0.29) is 16.5 Å². The monoisotopic (exact) mass is 375 g/mol. The minimum atomic E-state index is -3.73. The number of aromatic nitrogens is 4. The van der Waals surface area contributed by atoms with Gasteiger partial charge in [-0.05, 0) is 12.1 Å². The van der Waals surface area contributed by atoms with E-state index in [0.717, 1.165) is 12.5 Å². The van der Waals surface area contributed by atoms with Crippen molar-refractivity contribution in [3.8, 4) is 6.07 Å². The summed E-state index contributed by atoms with van der Waals surface area (Å²) in [6.07, 6.45) is 1.93. The van der Waals surface area contributed by atoms with Crippen molar-refractivity contribution in [3.63, 3.8) is 0 Å². The third-order valence-electron chi connectivity index (χ3n) is 3.36. The van der Waals surface area contributed by atoms with Crippen molar-refractivity contribution in [1.29, 1.82) is 5.26 Å². The average Bonchev–Trinajstić information content (AvgIpc) is 2.98. The minimum Gasteiger partial charge on any atom is -0.340 e. The quantitative estimate of drug-likeness (QED) is 0.544. The molecule has 126 valence electrons. The smallest absolute Gasteiger partial charge is 0.247 e. The van der Waals surface area contributed by atoms with Crippen molar-refractivity contribution >= 4 is 38.3 Å². The molecule has 2 heterocycles. The normalized spacial score (nSPS) is 12.7. The maximum absolute atomic E-state index is 12.7. The average molecular weight is 376 g/mol. The fourth-order valence-corrected chi connectivity index (χ4v) is 2.88. The molecule has 10 heteroatoms. The number of fused-ring (bicyclic) bond motifs is 1. The first-order chi connectivity index (χ1) is 11.8. The van der Waals surface area contributed by atoms with Crippen molar-refractivity contribution in [2.45, 2.75) is 11.1 Å². The number of H-pyrrole nitrogens is 1. The zero-order valence-corrected chi connectivity index (χ0v) is 14.3. The molecule has 0 amide bonds. The van der Waals surface area contributed by atoms with Crippen LogP contribution in [0.5, 0.6) is 0 Å². The molecule has 0 aliphatic heterocycles.